The van der Waals surface area contributed by atoms with Gasteiger partial charge in [0.25, 0.3) is 0 Å². The van der Waals surface area contributed by atoms with Gasteiger partial charge in [-0.05, 0) is 144 Å². The molecule has 0 bridgehead atoms. The molecule has 0 aromatic heterocycles. The first-order chi connectivity index (χ1) is 43.5. The molecule has 11 atom stereocenters. The van der Waals surface area contributed by atoms with Crippen LogP contribution in [0.5, 0.6) is 0 Å². The lowest BCUT2D eigenvalue weighted by Crippen LogP contribution is -2.37. The zero-order chi connectivity index (χ0) is 62.3. The van der Waals surface area contributed by atoms with E-state index in [4.69, 9.17) is 42.6 Å². The molecule has 0 unspecified atom stereocenters. The molecular formula is C76H96O13. The molecular weight excluding hydrogens is 1120 g/mol. The molecule has 9 rings (SSSR count). The Balaban J connectivity index is 0.783. The van der Waals surface area contributed by atoms with E-state index >= 15 is 0 Å². The Labute approximate surface area is 527 Å². The zero-order valence-corrected chi connectivity index (χ0v) is 53.3. The maximum absolute atomic E-state index is 14.3. The maximum Gasteiger partial charge on any atom is 0.340 e. The average Bonchev–Trinajstić information content (AvgIpc) is 2.60. The van der Waals surface area contributed by atoms with Crippen LogP contribution in [-0.2, 0) is 61.8 Å². The third-order valence-electron chi connectivity index (χ3n) is 18.4. The second-order valence-electron chi connectivity index (χ2n) is 24.9. The third kappa shape index (κ3) is 19.0. The van der Waals surface area contributed by atoms with Gasteiger partial charge in [-0.1, -0.05) is 200 Å². The van der Waals surface area contributed by atoms with Gasteiger partial charge in [0.05, 0.1) is 24.4 Å². The van der Waals surface area contributed by atoms with Gasteiger partial charge in [0.15, 0.2) is 18.3 Å². The topological polar surface area (TPSA) is 151 Å². The number of esters is 4. The van der Waals surface area contributed by atoms with E-state index in [1.165, 1.54) is 39.2 Å². The molecule has 3 aliphatic heterocycles. The van der Waals surface area contributed by atoms with Crippen molar-refractivity contribution in [3.63, 3.8) is 0 Å². The first kappa shape index (κ1) is 66.9. The second-order valence-corrected chi connectivity index (χ2v) is 24.9. The fraction of sp³-hybridized carbons (Fsp3) is 0.526. The number of fused-ring (bicyclic) bond motifs is 3. The molecule has 478 valence electrons. The number of rotatable bonds is 37. The highest BCUT2D eigenvalue weighted by Gasteiger charge is 2.44. The first-order valence-corrected chi connectivity index (χ1v) is 33.4. The summed E-state index contributed by atoms with van der Waals surface area (Å²) in [7, 11) is 4.62. The summed E-state index contributed by atoms with van der Waals surface area (Å²) in [6.07, 6.45) is 18.8. The quantitative estimate of drug-likeness (QED) is 0.0207. The Hall–Kier alpha value is -6.48. The van der Waals surface area contributed by atoms with Gasteiger partial charge < -0.3 is 42.6 Å². The monoisotopic (exact) mass is 1220 g/mol. The van der Waals surface area contributed by atoms with E-state index in [0.29, 0.717) is 36.8 Å². The lowest BCUT2D eigenvalue weighted by Gasteiger charge is -2.29. The van der Waals surface area contributed by atoms with Crippen LogP contribution in [-0.4, -0.2) is 94.0 Å². The summed E-state index contributed by atoms with van der Waals surface area (Å²) in [5.41, 5.74) is 2.75. The molecule has 0 aliphatic carbocycles. The Bertz CT molecular complexity index is 3240. The molecule has 6 aromatic rings. The van der Waals surface area contributed by atoms with Crippen molar-refractivity contribution in [3.05, 3.63) is 156 Å². The van der Waals surface area contributed by atoms with Crippen molar-refractivity contribution in [3.8, 4) is 0 Å². The van der Waals surface area contributed by atoms with Gasteiger partial charge in [-0.15, -0.1) is 0 Å². The van der Waals surface area contributed by atoms with Crippen LogP contribution in [0.2, 0.25) is 0 Å². The van der Waals surface area contributed by atoms with Gasteiger partial charge >= 0.3 is 23.9 Å². The number of unbranched alkanes of at least 4 members (excludes halogenated alkanes) is 14. The van der Waals surface area contributed by atoms with Crippen molar-refractivity contribution < 1.29 is 61.8 Å². The Morgan fingerprint density at radius 2 is 0.809 bits per heavy atom. The number of benzene rings is 6. The van der Waals surface area contributed by atoms with E-state index in [1.54, 1.807) is 14.2 Å². The highest BCUT2D eigenvalue weighted by Crippen LogP contribution is 2.38. The molecule has 6 aromatic carbocycles. The molecule has 13 heteroatoms. The van der Waals surface area contributed by atoms with Gasteiger partial charge in [0.2, 0.25) is 0 Å². The number of methoxy groups -OCH3 is 3. The lowest BCUT2D eigenvalue weighted by atomic mass is 9.99. The van der Waals surface area contributed by atoms with Crippen LogP contribution < -0.4 is 0 Å². The van der Waals surface area contributed by atoms with Crippen LogP contribution in [0.25, 0.3) is 32.3 Å². The predicted octanol–water partition coefficient (Wildman–Crippen LogP) is 17.1. The Morgan fingerprint density at radius 1 is 0.449 bits per heavy atom. The molecule has 0 amide bonds. The van der Waals surface area contributed by atoms with Crippen LogP contribution in [0.4, 0.5) is 0 Å². The molecule has 2 fully saturated rings. The molecule has 2 saturated heterocycles. The van der Waals surface area contributed by atoms with Crippen LogP contribution >= 0.6 is 0 Å². The summed E-state index contributed by atoms with van der Waals surface area (Å²) in [5.74, 6) is -1.68. The van der Waals surface area contributed by atoms with Crippen molar-refractivity contribution in [2.45, 2.75) is 235 Å². The van der Waals surface area contributed by atoms with Crippen LogP contribution in [0.1, 0.15) is 203 Å². The molecule has 13 nitrogen and oxygen atoms in total. The van der Waals surface area contributed by atoms with Gasteiger partial charge in [0.1, 0.15) is 24.4 Å². The van der Waals surface area contributed by atoms with Gasteiger partial charge in [-0.2, -0.15) is 0 Å². The molecule has 0 saturated carbocycles. The minimum atomic E-state index is -0.905. The van der Waals surface area contributed by atoms with Crippen molar-refractivity contribution in [1.82, 2.24) is 0 Å². The van der Waals surface area contributed by atoms with Crippen LogP contribution in [0.3, 0.4) is 0 Å². The van der Waals surface area contributed by atoms with Crippen molar-refractivity contribution >= 4 is 56.2 Å². The standard InChI is InChI=1S/C76H96O13/c1-6-7-8-9-10-14-17-20-35-64(88-75(79)71(82-4)60-41-38-54-29-23-26-32-57(54)49-60)66-43-45-68(86-66)69-46-44-67(87-69)65(89-76(80)72(83-5)61-42-39-55-30-24-27-33-58(55)50-61)36-21-18-15-12-11-13-16-19-34-63(51-62-47-52(2)84-73(62)77)85-74(78)70(81-3)59-40-37-53-28-22-25-31-56(53)48-59/h22-33,37-42,47-50,52,63-72H,6-21,34-36,43-46,51H2,1-5H3/t52-,63+,64+,65+,66+,67+,68+,69+,70+,71+,72+/m0/s1. The van der Waals surface area contributed by atoms with Gasteiger partial charge in [-0.3, -0.25) is 0 Å². The van der Waals surface area contributed by atoms with Crippen molar-refractivity contribution in [2.24, 2.45) is 0 Å². The number of hydrogen-bond acceptors (Lipinski definition) is 13. The fourth-order valence-corrected chi connectivity index (χ4v) is 13.5. The predicted molar refractivity (Wildman–Crippen MR) is 348 cm³/mol. The SMILES string of the molecule is CCCCCCCCCC[C@@H](OC(=O)[C@H](OC)c1ccc2ccccc2c1)[C@H]1CC[C@H]([C@H]2CC[C@H]([C@@H](CCCCCCCCCC[C@H](CC3=C[C@H](C)OC3=O)OC(=O)[C@H](OC)c3ccc4ccccc4c3)OC(=O)[C@H](OC)c3ccc4ccccc4c3)O2)O1. The normalized spacial score (nSPS) is 20.4. The van der Waals surface area contributed by atoms with Crippen LogP contribution in [0.15, 0.2) is 139 Å². The fourth-order valence-electron chi connectivity index (χ4n) is 13.5. The van der Waals surface area contributed by atoms with Crippen molar-refractivity contribution in [1.29, 1.82) is 0 Å². The zero-order valence-electron chi connectivity index (χ0n) is 53.3. The van der Waals surface area contributed by atoms with E-state index in [0.717, 1.165) is 140 Å². The van der Waals surface area contributed by atoms with E-state index < -0.39 is 54.5 Å². The van der Waals surface area contributed by atoms with Gasteiger partial charge in [0, 0.05) is 33.3 Å². The largest absolute Gasteiger partial charge is 0.460 e. The second kappa shape index (κ2) is 34.6. The molecule has 3 aliphatic rings. The molecule has 0 radical (unpaired) electrons. The number of carbonyl (C=O) groups excluding carboxylic acids is 4. The van der Waals surface area contributed by atoms with Gasteiger partial charge in [-0.25, -0.2) is 19.2 Å². The third-order valence-corrected chi connectivity index (χ3v) is 18.4. The highest BCUT2D eigenvalue weighted by atomic mass is 16.6. The molecule has 3 heterocycles. The first-order valence-electron chi connectivity index (χ1n) is 33.4. The number of carbonyl (C=O) groups is 4. The maximum atomic E-state index is 14.3. The van der Waals surface area contributed by atoms with E-state index in [-0.39, 0.29) is 36.5 Å². The smallest absolute Gasteiger partial charge is 0.340 e. The van der Waals surface area contributed by atoms with E-state index in [2.05, 4.69) is 19.1 Å². The average molecular weight is 1220 g/mol. The number of cyclic esters (lactones) is 1. The highest BCUT2D eigenvalue weighted by molar-refractivity contribution is 5.91. The summed E-state index contributed by atoms with van der Waals surface area (Å²) >= 11 is 0. The minimum absolute atomic E-state index is 0.193. The summed E-state index contributed by atoms with van der Waals surface area (Å²) in [6, 6.07) is 41.9. The molecule has 0 N–H and O–H groups in total. The Morgan fingerprint density at radius 3 is 1.18 bits per heavy atom. The minimum Gasteiger partial charge on any atom is -0.460 e. The lowest BCUT2D eigenvalue weighted by molar-refractivity contribution is -0.177. The Kier molecular flexibility index (Phi) is 26.0. The summed E-state index contributed by atoms with van der Waals surface area (Å²) < 4.78 is 55.8. The molecule has 89 heavy (non-hydrogen) atoms. The molecule has 0 spiro atoms. The van der Waals surface area contributed by atoms with E-state index in [1.807, 2.05) is 128 Å². The van der Waals surface area contributed by atoms with Crippen molar-refractivity contribution in [2.75, 3.05) is 21.3 Å². The summed E-state index contributed by atoms with van der Waals surface area (Å²) in [4.78, 5) is 54.9. The summed E-state index contributed by atoms with van der Waals surface area (Å²) in [5, 5.41) is 6.30. The number of hydrogen-bond donors (Lipinski definition) is 0. The summed E-state index contributed by atoms with van der Waals surface area (Å²) in [6.45, 7) is 4.07. The van der Waals surface area contributed by atoms with Crippen LogP contribution in [0, 0.1) is 0 Å². The van der Waals surface area contributed by atoms with E-state index in [9.17, 15) is 19.2 Å². The number of ether oxygens (including phenoxy) is 9.